The van der Waals surface area contributed by atoms with E-state index in [1.807, 2.05) is 6.20 Å². The summed E-state index contributed by atoms with van der Waals surface area (Å²) < 4.78 is 44.7. The maximum atomic E-state index is 15.5. The van der Waals surface area contributed by atoms with Gasteiger partial charge in [-0.1, -0.05) is 72.2 Å². The van der Waals surface area contributed by atoms with Crippen LogP contribution in [0.15, 0.2) is 33.9 Å². The summed E-state index contributed by atoms with van der Waals surface area (Å²) in [6.45, 7) is 18.5. The Kier molecular flexibility index (Phi) is 9.79. The molecule has 238 valence electrons. The van der Waals surface area contributed by atoms with Crippen molar-refractivity contribution in [1.29, 1.82) is 0 Å². The molecular formula is C29H44BrF2N5O3SSi2. The van der Waals surface area contributed by atoms with Gasteiger partial charge < -0.3 is 9.47 Å². The van der Waals surface area contributed by atoms with Crippen molar-refractivity contribution in [1.82, 2.24) is 19.9 Å². The summed E-state index contributed by atoms with van der Waals surface area (Å²) in [4.78, 5) is 19.9. The Balaban J connectivity index is 1.78. The highest BCUT2D eigenvalue weighted by Crippen LogP contribution is 2.67. The number of thioether (sulfide) groups is 1. The first-order chi connectivity index (χ1) is 19.8. The molecule has 1 saturated carbocycles. The predicted octanol–water partition coefficient (Wildman–Crippen LogP) is 7.00. The molecule has 0 radical (unpaired) electrons. The third-order valence-corrected chi connectivity index (χ3v) is 13.0. The lowest BCUT2D eigenvalue weighted by atomic mass is 9.85. The standard InChI is InChI=1S/C29H44BrF2N5O3SSi2/c1-27(2,3)40-26(38)37(19-39-12-13-42(4,5)6)25-33-29(17-31,21-14-20(30)10-11-22(21)32)23-15-28(23,41-25)18-36-16-24(34-35-36)43(7,8)9/h10-11,14,16,23H,12-13,15,17-19H2,1-9H3/t23?,28?,29-/m1/s1. The number of carbonyl (C=O) groups excluding carboxylic acids is 1. The van der Waals surface area contributed by atoms with E-state index in [2.05, 4.69) is 65.5 Å². The van der Waals surface area contributed by atoms with Gasteiger partial charge in [0.2, 0.25) is 0 Å². The minimum atomic E-state index is -1.71. The summed E-state index contributed by atoms with van der Waals surface area (Å²) in [5, 5.41) is 10.1. The van der Waals surface area contributed by atoms with Gasteiger partial charge in [0.05, 0.1) is 11.9 Å². The van der Waals surface area contributed by atoms with Crippen molar-refractivity contribution in [3.63, 3.8) is 0 Å². The fraction of sp³-hybridized carbons (Fsp3) is 0.655. The minimum Gasteiger partial charge on any atom is -0.443 e. The molecule has 2 aliphatic rings. The summed E-state index contributed by atoms with van der Waals surface area (Å²) >= 11 is 4.83. The number of hydrogen-bond donors (Lipinski definition) is 0. The zero-order valence-electron chi connectivity index (χ0n) is 26.6. The Labute approximate surface area is 268 Å². The lowest BCUT2D eigenvalue weighted by Crippen LogP contribution is -2.47. The van der Waals surface area contributed by atoms with Gasteiger partial charge in [0.1, 0.15) is 38.4 Å². The van der Waals surface area contributed by atoms with Crippen LogP contribution in [0.25, 0.3) is 0 Å². The van der Waals surface area contributed by atoms with Crippen LogP contribution in [0.3, 0.4) is 0 Å². The number of benzene rings is 1. The molecule has 14 heteroatoms. The van der Waals surface area contributed by atoms with Crippen LogP contribution in [0.1, 0.15) is 32.8 Å². The number of hydrogen-bond acceptors (Lipinski definition) is 7. The molecule has 1 aliphatic heterocycles. The van der Waals surface area contributed by atoms with Crippen LogP contribution >= 0.6 is 27.7 Å². The fourth-order valence-corrected chi connectivity index (χ4v) is 8.67. The number of carbonyl (C=O) groups is 1. The second-order valence-electron chi connectivity index (χ2n) is 14.8. The Morgan fingerprint density at radius 1 is 1.23 bits per heavy atom. The molecule has 1 aliphatic carbocycles. The van der Waals surface area contributed by atoms with Gasteiger partial charge in [-0.15, -0.1) is 5.10 Å². The summed E-state index contributed by atoms with van der Waals surface area (Å²) in [5.74, 6) is -0.885. The highest BCUT2D eigenvalue weighted by Gasteiger charge is 2.69. The van der Waals surface area contributed by atoms with Crippen molar-refractivity contribution in [2.24, 2.45) is 10.9 Å². The molecule has 43 heavy (non-hydrogen) atoms. The number of amides is 1. The molecule has 2 unspecified atom stereocenters. The second kappa shape index (κ2) is 12.3. The van der Waals surface area contributed by atoms with Crippen LogP contribution in [0.4, 0.5) is 13.6 Å². The van der Waals surface area contributed by atoms with E-state index >= 15 is 8.78 Å². The van der Waals surface area contributed by atoms with Gasteiger partial charge in [-0.3, -0.25) is 4.68 Å². The average Bonchev–Trinajstić information content (AvgIpc) is 3.38. The predicted molar refractivity (Wildman–Crippen MR) is 178 cm³/mol. The first kappa shape index (κ1) is 34.3. The third-order valence-electron chi connectivity index (χ3n) is 7.59. The molecule has 2 aromatic rings. The van der Waals surface area contributed by atoms with Crippen molar-refractivity contribution >= 4 is 60.4 Å². The molecule has 1 fully saturated rings. The van der Waals surface area contributed by atoms with Gasteiger partial charge in [0.25, 0.3) is 0 Å². The van der Waals surface area contributed by atoms with Crippen molar-refractivity contribution < 1.29 is 23.0 Å². The maximum Gasteiger partial charge on any atom is 0.418 e. The molecule has 3 atom stereocenters. The van der Waals surface area contributed by atoms with Crippen LogP contribution in [-0.2, 0) is 21.6 Å². The number of ether oxygens (including phenoxy) is 2. The average molecular weight is 717 g/mol. The number of aliphatic imine (C=N–C) groups is 1. The third kappa shape index (κ3) is 7.97. The van der Waals surface area contributed by atoms with Gasteiger partial charge in [-0.25, -0.2) is 23.5 Å². The Morgan fingerprint density at radius 3 is 2.51 bits per heavy atom. The van der Waals surface area contributed by atoms with Crippen LogP contribution in [0.5, 0.6) is 0 Å². The molecule has 0 N–H and O–H groups in total. The maximum absolute atomic E-state index is 15.5. The second-order valence-corrected chi connectivity index (χ2v) is 27.7. The van der Waals surface area contributed by atoms with Gasteiger partial charge >= 0.3 is 6.09 Å². The van der Waals surface area contributed by atoms with E-state index in [1.165, 1.54) is 22.7 Å². The number of halogens is 3. The van der Waals surface area contributed by atoms with Crippen molar-refractivity contribution in [3.05, 3.63) is 40.2 Å². The summed E-state index contributed by atoms with van der Waals surface area (Å²) in [5.41, 5.74) is -2.18. The minimum absolute atomic E-state index is 0.113. The van der Waals surface area contributed by atoms with Crippen LogP contribution in [-0.4, -0.2) is 77.7 Å². The molecular weight excluding hydrogens is 672 g/mol. The topological polar surface area (TPSA) is 81.8 Å². The SMILES string of the molecule is CC(C)(C)OC(=O)N(COCC[Si](C)(C)C)C1=N[C@](CF)(c2cc(Br)ccc2F)C2CC2(Cn2cc([Si](C)(C)C)nn2)S1. The molecule has 2 heterocycles. The van der Waals surface area contributed by atoms with Crippen LogP contribution in [0.2, 0.25) is 45.3 Å². The molecule has 1 aromatic carbocycles. The van der Waals surface area contributed by atoms with E-state index in [4.69, 9.17) is 14.5 Å². The van der Waals surface area contributed by atoms with E-state index in [-0.39, 0.29) is 23.4 Å². The lowest BCUT2D eigenvalue weighted by Gasteiger charge is -2.38. The van der Waals surface area contributed by atoms with Crippen molar-refractivity contribution in [3.8, 4) is 0 Å². The smallest absolute Gasteiger partial charge is 0.418 e. The van der Waals surface area contributed by atoms with E-state index < -0.39 is 50.6 Å². The van der Waals surface area contributed by atoms with Gasteiger partial charge in [-0.05, 0) is 51.4 Å². The van der Waals surface area contributed by atoms with E-state index in [9.17, 15) is 4.79 Å². The lowest BCUT2D eigenvalue weighted by molar-refractivity contribution is 0.0109. The van der Waals surface area contributed by atoms with Crippen LogP contribution < -0.4 is 5.32 Å². The van der Waals surface area contributed by atoms with Gasteiger partial charge in [0, 0.05) is 41.6 Å². The molecule has 0 bridgehead atoms. The fourth-order valence-electron chi connectivity index (χ4n) is 5.08. The normalized spacial score (nSPS) is 23.9. The quantitative estimate of drug-likeness (QED) is 0.150. The first-order valence-electron chi connectivity index (χ1n) is 14.6. The number of rotatable bonds is 10. The van der Waals surface area contributed by atoms with E-state index in [0.717, 1.165) is 11.4 Å². The van der Waals surface area contributed by atoms with Crippen molar-refractivity contribution in [2.75, 3.05) is 20.0 Å². The molecule has 1 amide bonds. The summed E-state index contributed by atoms with van der Waals surface area (Å²) in [7, 11) is -3.11. The Bertz CT molecular complexity index is 1380. The monoisotopic (exact) mass is 715 g/mol. The van der Waals surface area contributed by atoms with E-state index in [0.29, 0.717) is 24.0 Å². The van der Waals surface area contributed by atoms with Crippen LogP contribution in [0, 0.1) is 11.7 Å². The Hall–Kier alpha value is -1.62. The molecule has 0 saturated heterocycles. The van der Waals surface area contributed by atoms with Gasteiger partial charge in [-0.2, -0.15) is 0 Å². The molecule has 0 spiro atoms. The number of nitrogens with zero attached hydrogens (tertiary/aromatic N) is 5. The summed E-state index contributed by atoms with van der Waals surface area (Å²) in [6.07, 6.45) is 1.87. The number of fused-ring (bicyclic) bond motifs is 1. The van der Waals surface area contributed by atoms with Gasteiger partial charge in [0.15, 0.2) is 5.17 Å². The highest BCUT2D eigenvalue weighted by atomic mass is 79.9. The first-order valence-corrected chi connectivity index (χ1v) is 23.4. The molecule has 4 rings (SSSR count). The summed E-state index contributed by atoms with van der Waals surface area (Å²) in [6, 6.07) is 5.40. The van der Waals surface area contributed by atoms with Crippen molar-refractivity contribution in [2.45, 2.75) is 94.9 Å². The molecule has 1 aromatic heterocycles. The number of alkyl halides is 1. The largest absolute Gasteiger partial charge is 0.443 e. The zero-order valence-corrected chi connectivity index (χ0v) is 31.0. The zero-order chi connectivity index (χ0) is 32.0. The number of aromatic nitrogens is 3. The number of amidine groups is 1. The van der Waals surface area contributed by atoms with E-state index in [1.54, 1.807) is 37.6 Å². The Morgan fingerprint density at radius 2 is 1.93 bits per heavy atom. The molecule has 8 nitrogen and oxygen atoms in total. The highest BCUT2D eigenvalue weighted by molar-refractivity contribution is 9.10.